The standard InChI is InChI=1S/C16H20N6O2/c1-20-9-13(8-18-20)22-5-4-21(10-15(22)23)16(24)11-2-3-12-7-17-19-14(12)6-11/h7-9,11H,2-6,10H2,1H3,(H,17,19). The molecule has 1 N–H and O–H groups in total. The number of rotatable bonds is 2. The van der Waals surface area contributed by atoms with Crippen LogP contribution in [-0.2, 0) is 29.5 Å². The van der Waals surface area contributed by atoms with Crippen molar-refractivity contribution in [1.82, 2.24) is 24.9 Å². The number of nitrogens with one attached hydrogen (secondary N) is 1. The number of fused-ring (bicyclic) bond motifs is 1. The molecule has 24 heavy (non-hydrogen) atoms. The van der Waals surface area contributed by atoms with Crippen LogP contribution in [0, 0.1) is 5.92 Å². The molecular formula is C16H20N6O2. The number of amides is 2. The summed E-state index contributed by atoms with van der Waals surface area (Å²) >= 11 is 0. The Kier molecular flexibility index (Phi) is 3.59. The summed E-state index contributed by atoms with van der Waals surface area (Å²) < 4.78 is 1.67. The lowest BCUT2D eigenvalue weighted by Crippen LogP contribution is -2.54. The fourth-order valence-electron chi connectivity index (χ4n) is 3.56. The number of carbonyl (C=O) groups excluding carboxylic acids is 2. The van der Waals surface area contributed by atoms with Gasteiger partial charge in [-0.05, 0) is 18.4 Å². The second kappa shape index (κ2) is 5.77. The lowest BCUT2D eigenvalue weighted by Gasteiger charge is -2.36. The lowest BCUT2D eigenvalue weighted by atomic mass is 9.87. The van der Waals surface area contributed by atoms with E-state index >= 15 is 0 Å². The Hall–Kier alpha value is -2.64. The summed E-state index contributed by atoms with van der Waals surface area (Å²) in [5, 5.41) is 11.1. The van der Waals surface area contributed by atoms with Gasteiger partial charge in [-0.15, -0.1) is 0 Å². The first-order valence-electron chi connectivity index (χ1n) is 8.21. The molecule has 0 radical (unpaired) electrons. The number of piperazine rings is 1. The third kappa shape index (κ3) is 2.57. The van der Waals surface area contributed by atoms with E-state index < -0.39 is 0 Å². The number of hydrogen-bond donors (Lipinski definition) is 1. The van der Waals surface area contributed by atoms with Gasteiger partial charge in [0.1, 0.15) is 6.54 Å². The zero-order chi connectivity index (χ0) is 16.7. The molecule has 8 heteroatoms. The molecule has 126 valence electrons. The molecule has 0 spiro atoms. The first-order valence-corrected chi connectivity index (χ1v) is 8.21. The molecule has 0 bridgehead atoms. The highest BCUT2D eigenvalue weighted by molar-refractivity contribution is 5.98. The smallest absolute Gasteiger partial charge is 0.246 e. The predicted octanol–water partition coefficient (Wildman–Crippen LogP) is 0.123. The Bertz CT molecular complexity index is 779. The van der Waals surface area contributed by atoms with Crippen LogP contribution in [0.5, 0.6) is 0 Å². The van der Waals surface area contributed by atoms with E-state index in [1.807, 2.05) is 19.4 Å². The molecule has 0 saturated carbocycles. The quantitative estimate of drug-likeness (QED) is 0.848. The highest BCUT2D eigenvalue weighted by atomic mass is 16.2. The molecule has 2 amide bonds. The van der Waals surface area contributed by atoms with Gasteiger partial charge in [-0.25, -0.2) is 0 Å². The number of H-pyrrole nitrogens is 1. The fourth-order valence-corrected chi connectivity index (χ4v) is 3.56. The van der Waals surface area contributed by atoms with Crippen molar-refractivity contribution < 1.29 is 9.59 Å². The van der Waals surface area contributed by atoms with Crippen LogP contribution in [0.1, 0.15) is 17.7 Å². The van der Waals surface area contributed by atoms with E-state index in [9.17, 15) is 9.59 Å². The topological polar surface area (TPSA) is 87.1 Å². The average Bonchev–Trinajstić information content (AvgIpc) is 3.22. The molecule has 0 aromatic carbocycles. The van der Waals surface area contributed by atoms with E-state index in [0.29, 0.717) is 19.5 Å². The zero-order valence-electron chi connectivity index (χ0n) is 13.6. The van der Waals surface area contributed by atoms with Crippen LogP contribution in [0.3, 0.4) is 0 Å². The van der Waals surface area contributed by atoms with Gasteiger partial charge >= 0.3 is 0 Å². The van der Waals surface area contributed by atoms with Crippen LogP contribution in [0.15, 0.2) is 18.6 Å². The number of anilines is 1. The average molecular weight is 328 g/mol. The van der Waals surface area contributed by atoms with E-state index in [-0.39, 0.29) is 24.3 Å². The molecule has 1 aliphatic heterocycles. The molecule has 2 aromatic heterocycles. The first-order chi connectivity index (χ1) is 11.6. The van der Waals surface area contributed by atoms with Gasteiger partial charge in [-0.3, -0.25) is 19.4 Å². The highest BCUT2D eigenvalue weighted by Gasteiger charge is 2.34. The predicted molar refractivity (Wildman–Crippen MR) is 86.2 cm³/mol. The van der Waals surface area contributed by atoms with E-state index in [4.69, 9.17) is 0 Å². The van der Waals surface area contributed by atoms with Crippen LogP contribution >= 0.6 is 0 Å². The normalized spacial score (nSPS) is 21.0. The van der Waals surface area contributed by atoms with Gasteiger partial charge in [-0.1, -0.05) is 0 Å². The molecule has 2 aromatic rings. The second-order valence-electron chi connectivity index (χ2n) is 6.49. The van der Waals surface area contributed by atoms with E-state index in [0.717, 1.165) is 24.2 Å². The van der Waals surface area contributed by atoms with Crippen molar-refractivity contribution in [2.24, 2.45) is 13.0 Å². The SMILES string of the molecule is Cn1cc(N2CCN(C(=O)C3CCc4cn[nH]c4C3)CC2=O)cn1. The molecule has 2 aliphatic rings. The first kappa shape index (κ1) is 14.9. The maximum atomic E-state index is 12.8. The van der Waals surface area contributed by atoms with Crippen molar-refractivity contribution in [2.45, 2.75) is 19.3 Å². The Morgan fingerprint density at radius 3 is 2.96 bits per heavy atom. The van der Waals surface area contributed by atoms with E-state index in [1.54, 1.807) is 20.7 Å². The Morgan fingerprint density at radius 1 is 1.33 bits per heavy atom. The summed E-state index contributed by atoms with van der Waals surface area (Å²) in [5.74, 6) is -0.0363. The van der Waals surface area contributed by atoms with Gasteiger partial charge in [0.05, 0.1) is 18.1 Å². The van der Waals surface area contributed by atoms with Gasteiger partial charge in [0.15, 0.2) is 0 Å². The molecule has 1 saturated heterocycles. The van der Waals surface area contributed by atoms with Crippen LogP contribution in [0.4, 0.5) is 5.69 Å². The van der Waals surface area contributed by atoms with Crippen molar-refractivity contribution in [1.29, 1.82) is 0 Å². The van der Waals surface area contributed by atoms with Gasteiger partial charge in [-0.2, -0.15) is 10.2 Å². The molecule has 1 aliphatic carbocycles. The van der Waals surface area contributed by atoms with Crippen molar-refractivity contribution in [3.63, 3.8) is 0 Å². The van der Waals surface area contributed by atoms with Crippen LogP contribution in [0.25, 0.3) is 0 Å². The Labute approximate surface area is 139 Å². The summed E-state index contributed by atoms with van der Waals surface area (Å²) in [6.07, 6.45) is 7.71. The number of aryl methyl sites for hydroxylation is 2. The summed E-state index contributed by atoms with van der Waals surface area (Å²) in [6.45, 7) is 1.21. The van der Waals surface area contributed by atoms with Crippen LogP contribution < -0.4 is 4.90 Å². The zero-order valence-corrected chi connectivity index (χ0v) is 13.6. The Morgan fingerprint density at radius 2 is 2.21 bits per heavy atom. The number of carbonyl (C=O) groups is 2. The van der Waals surface area contributed by atoms with Crippen LogP contribution in [-0.4, -0.2) is 56.3 Å². The fraction of sp³-hybridized carbons (Fsp3) is 0.500. The summed E-state index contributed by atoms with van der Waals surface area (Å²) in [6, 6.07) is 0. The van der Waals surface area contributed by atoms with Crippen molar-refractivity contribution in [3.8, 4) is 0 Å². The number of aromatic amines is 1. The number of aromatic nitrogens is 4. The van der Waals surface area contributed by atoms with Crippen molar-refractivity contribution in [3.05, 3.63) is 29.8 Å². The maximum absolute atomic E-state index is 12.8. The molecule has 1 unspecified atom stereocenters. The molecule has 1 atom stereocenters. The third-order valence-corrected chi connectivity index (χ3v) is 4.90. The number of nitrogens with zero attached hydrogens (tertiary/aromatic N) is 5. The molecule has 1 fully saturated rings. The minimum Gasteiger partial charge on any atom is -0.331 e. The monoisotopic (exact) mass is 328 g/mol. The number of hydrogen-bond acceptors (Lipinski definition) is 4. The summed E-state index contributed by atoms with van der Waals surface area (Å²) in [4.78, 5) is 28.6. The highest BCUT2D eigenvalue weighted by Crippen LogP contribution is 2.26. The minimum absolute atomic E-state index is 0.0550. The third-order valence-electron chi connectivity index (χ3n) is 4.90. The second-order valence-corrected chi connectivity index (χ2v) is 6.49. The van der Waals surface area contributed by atoms with Crippen LogP contribution in [0.2, 0.25) is 0 Å². The summed E-state index contributed by atoms with van der Waals surface area (Å²) in [5.41, 5.74) is 3.05. The van der Waals surface area contributed by atoms with Gasteiger partial charge < -0.3 is 9.80 Å². The largest absolute Gasteiger partial charge is 0.331 e. The molecule has 3 heterocycles. The maximum Gasteiger partial charge on any atom is 0.246 e. The van der Waals surface area contributed by atoms with Crippen molar-refractivity contribution in [2.75, 3.05) is 24.5 Å². The Balaban J connectivity index is 1.42. The van der Waals surface area contributed by atoms with Crippen molar-refractivity contribution >= 4 is 17.5 Å². The van der Waals surface area contributed by atoms with E-state index in [1.165, 1.54) is 5.56 Å². The van der Waals surface area contributed by atoms with Gasteiger partial charge in [0.25, 0.3) is 0 Å². The molecule has 8 nitrogen and oxygen atoms in total. The van der Waals surface area contributed by atoms with Gasteiger partial charge in [0, 0.05) is 44.4 Å². The van der Waals surface area contributed by atoms with E-state index in [2.05, 4.69) is 15.3 Å². The minimum atomic E-state index is -0.0595. The summed E-state index contributed by atoms with van der Waals surface area (Å²) in [7, 11) is 1.82. The van der Waals surface area contributed by atoms with Gasteiger partial charge in [0.2, 0.25) is 11.8 Å². The lowest BCUT2D eigenvalue weighted by molar-refractivity contribution is -0.140. The molecular weight excluding hydrogens is 308 g/mol. The molecule has 4 rings (SSSR count).